The van der Waals surface area contributed by atoms with Crippen molar-refractivity contribution in [3.05, 3.63) is 29.3 Å². The van der Waals surface area contributed by atoms with Crippen molar-refractivity contribution in [3.8, 4) is 5.75 Å². The van der Waals surface area contributed by atoms with Crippen LogP contribution in [0.5, 0.6) is 5.75 Å². The molecule has 1 aromatic rings. The third-order valence-electron chi connectivity index (χ3n) is 2.17. The van der Waals surface area contributed by atoms with Crippen molar-refractivity contribution >= 4 is 11.8 Å². The lowest BCUT2D eigenvalue weighted by atomic mass is 10.0. The van der Waals surface area contributed by atoms with Gasteiger partial charge in [0.25, 0.3) is 5.78 Å². The van der Waals surface area contributed by atoms with Crippen LogP contribution in [0.15, 0.2) is 18.2 Å². The molecule has 4 nitrogen and oxygen atoms in total. The Bertz CT molecular complexity index is 409. The van der Waals surface area contributed by atoms with Gasteiger partial charge in [0, 0.05) is 0 Å². The molecule has 0 aliphatic heterocycles. The van der Waals surface area contributed by atoms with E-state index in [0.717, 1.165) is 12.0 Å². The average molecular weight is 222 g/mol. The van der Waals surface area contributed by atoms with E-state index in [1.165, 1.54) is 12.1 Å². The van der Waals surface area contributed by atoms with Crippen LogP contribution in [0.25, 0.3) is 0 Å². The lowest BCUT2D eigenvalue weighted by molar-refractivity contribution is -0.137. The number of esters is 1. The maximum Gasteiger partial charge on any atom is 0.379 e. The van der Waals surface area contributed by atoms with Crippen molar-refractivity contribution in [3.63, 3.8) is 0 Å². The van der Waals surface area contributed by atoms with Gasteiger partial charge in [0.2, 0.25) is 0 Å². The summed E-state index contributed by atoms with van der Waals surface area (Å²) >= 11 is 0. The normalized spacial score (nSPS) is 9.88. The van der Waals surface area contributed by atoms with E-state index in [1.54, 1.807) is 13.0 Å². The molecule has 0 radical (unpaired) electrons. The monoisotopic (exact) mass is 222 g/mol. The molecule has 0 aliphatic carbocycles. The Morgan fingerprint density at radius 1 is 1.31 bits per heavy atom. The first-order chi connectivity index (χ1) is 7.60. The van der Waals surface area contributed by atoms with Gasteiger partial charge >= 0.3 is 5.97 Å². The zero-order valence-corrected chi connectivity index (χ0v) is 9.32. The van der Waals surface area contributed by atoms with Crippen molar-refractivity contribution in [2.75, 3.05) is 6.61 Å². The molecule has 86 valence electrons. The number of Topliss-reactive ketones (excluding diaryl/α,β-unsaturated/α-hetero) is 1. The van der Waals surface area contributed by atoms with Crippen molar-refractivity contribution in [2.24, 2.45) is 0 Å². The lowest BCUT2D eigenvalue weighted by Gasteiger charge is -2.05. The van der Waals surface area contributed by atoms with E-state index in [9.17, 15) is 14.7 Å². The van der Waals surface area contributed by atoms with E-state index >= 15 is 0 Å². The van der Waals surface area contributed by atoms with Gasteiger partial charge in [0.15, 0.2) is 0 Å². The Hall–Kier alpha value is -1.84. The van der Waals surface area contributed by atoms with E-state index < -0.39 is 11.8 Å². The highest BCUT2D eigenvalue weighted by molar-refractivity contribution is 6.41. The van der Waals surface area contributed by atoms with Crippen molar-refractivity contribution in [1.29, 1.82) is 0 Å². The fourth-order valence-electron chi connectivity index (χ4n) is 1.29. The minimum absolute atomic E-state index is 0.00204. The Kier molecular flexibility index (Phi) is 4.05. The second-order valence-electron chi connectivity index (χ2n) is 3.25. The fourth-order valence-corrected chi connectivity index (χ4v) is 1.29. The molecule has 0 aliphatic rings. The number of ketones is 1. The number of ether oxygens (including phenoxy) is 1. The Morgan fingerprint density at radius 2 is 2.00 bits per heavy atom. The van der Waals surface area contributed by atoms with E-state index in [-0.39, 0.29) is 17.9 Å². The van der Waals surface area contributed by atoms with Gasteiger partial charge in [-0.2, -0.15) is 0 Å². The Morgan fingerprint density at radius 3 is 2.56 bits per heavy atom. The number of aromatic hydroxyl groups is 1. The zero-order chi connectivity index (χ0) is 12.1. The van der Waals surface area contributed by atoms with Crippen LogP contribution in [0.3, 0.4) is 0 Å². The number of phenolic OH excluding ortho intramolecular Hbond substituents is 1. The summed E-state index contributed by atoms with van der Waals surface area (Å²) in [5.41, 5.74) is 0.878. The molecule has 0 heterocycles. The van der Waals surface area contributed by atoms with Gasteiger partial charge in [0.1, 0.15) is 5.75 Å². The molecule has 0 unspecified atom stereocenters. The van der Waals surface area contributed by atoms with Crippen LogP contribution in [0.2, 0.25) is 0 Å². The van der Waals surface area contributed by atoms with Crippen LogP contribution in [0, 0.1) is 0 Å². The molecule has 0 saturated carbocycles. The van der Waals surface area contributed by atoms with Crippen LogP contribution in [0.4, 0.5) is 0 Å². The van der Waals surface area contributed by atoms with Gasteiger partial charge in [-0.1, -0.05) is 13.0 Å². The number of carbonyl (C=O) groups is 2. The number of carbonyl (C=O) groups excluding carboxylic acids is 2. The number of aryl methyl sites for hydroxylation is 1. The first-order valence-electron chi connectivity index (χ1n) is 5.13. The third kappa shape index (κ3) is 2.59. The molecule has 0 fully saturated rings. The molecule has 1 rings (SSSR count). The molecule has 1 aromatic carbocycles. The number of hydrogen-bond acceptors (Lipinski definition) is 4. The molecule has 0 atom stereocenters. The standard InChI is InChI=1S/C12H14O4/c1-3-8-5-6-10(13)9(7-8)11(14)12(15)16-4-2/h5-7,13H,3-4H2,1-2H3. The molecule has 0 spiro atoms. The molecule has 16 heavy (non-hydrogen) atoms. The van der Waals surface area contributed by atoms with Crippen LogP contribution in [-0.4, -0.2) is 23.5 Å². The maximum absolute atomic E-state index is 11.6. The summed E-state index contributed by atoms with van der Waals surface area (Å²) in [4.78, 5) is 22.8. The predicted molar refractivity (Wildman–Crippen MR) is 58.4 cm³/mol. The number of hydrogen-bond donors (Lipinski definition) is 1. The lowest BCUT2D eigenvalue weighted by Crippen LogP contribution is -2.17. The van der Waals surface area contributed by atoms with Crippen molar-refractivity contribution in [1.82, 2.24) is 0 Å². The summed E-state index contributed by atoms with van der Waals surface area (Å²) in [7, 11) is 0. The number of benzene rings is 1. The van der Waals surface area contributed by atoms with E-state index in [4.69, 9.17) is 0 Å². The summed E-state index contributed by atoms with van der Waals surface area (Å²) in [5, 5.41) is 9.49. The molecule has 0 saturated heterocycles. The fraction of sp³-hybridized carbons (Fsp3) is 0.333. The molecule has 0 amide bonds. The second kappa shape index (κ2) is 5.30. The average Bonchev–Trinajstić information content (AvgIpc) is 2.29. The highest BCUT2D eigenvalue weighted by atomic mass is 16.5. The van der Waals surface area contributed by atoms with Gasteiger partial charge < -0.3 is 9.84 Å². The van der Waals surface area contributed by atoms with Gasteiger partial charge in [-0.15, -0.1) is 0 Å². The smallest absolute Gasteiger partial charge is 0.379 e. The summed E-state index contributed by atoms with van der Waals surface area (Å²) in [6, 6.07) is 4.62. The minimum Gasteiger partial charge on any atom is -0.507 e. The molecular weight excluding hydrogens is 208 g/mol. The molecular formula is C12H14O4. The van der Waals surface area contributed by atoms with E-state index in [2.05, 4.69) is 4.74 Å². The summed E-state index contributed by atoms with van der Waals surface area (Å²) in [6.07, 6.45) is 0.726. The Balaban J connectivity index is 3.02. The topological polar surface area (TPSA) is 63.6 Å². The molecule has 0 aromatic heterocycles. The van der Waals surface area contributed by atoms with Gasteiger partial charge in [-0.25, -0.2) is 4.79 Å². The van der Waals surface area contributed by atoms with Gasteiger partial charge in [0.05, 0.1) is 12.2 Å². The maximum atomic E-state index is 11.6. The summed E-state index contributed by atoms with van der Waals surface area (Å²) < 4.78 is 4.59. The van der Waals surface area contributed by atoms with Gasteiger partial charge in [-0.05, 0) is 31.0 Å². The van der Waals surface area contributed by atoms with Crippen LogP contribution < -0.4 is 0 Å². The predicted octanol–water partition coefficient (Wildman–Crippen LogP) is 1.70. The minimum atomic E-state index is -0.939. The number of phenols is 1. The first kappa shape index (κ1) is 12.2. The summed E-state index contributed by atoms with van der Waals surface area (Å²) in [6.45, 7) is 3.68. The quantitative estimate of drug-likeness (QED) is 0.478. The number of rotatable bonds is 4. The van der Waals surface area contributed by atoms with Gasteiger partial charge in [-0.3, -0.25) is 4.79 Å². The van der Waals surface area contributed by atoms with Crippen molar-refractivity contribution < 1.29 is 19.4 Å². The Labute approximate surface area is 93.9 Å². The molecule has 0 bridgehead atoms. The van der Waals surface area contributed by atoms with Crippen LogP contribution in [-0.2, 0) is 16.0 Å². The third-order valence-corrected chi connectivity index (χ3v) is 2.17. The van der Waals surface area contributed by atoms with E-state index in [0.29, 0.717) is 0 Å². The van der Waals surface area contributed by atoms with Crippen LogP contribution in [0.1, 0.15) is 29.8 Å². The highest BCUT2D eigenvalue weighted by Crippen LogP contribution is 2.19. The molecule has 1 N–H and O–H groups in total. The second-order valence-corrected chi connectivity index (χ2v) is 3.25. The highest BCUT2D eigenvalue weighted by Gasteiger charge is 2.20. The summed E-state index contributed by atoms with van der Waals surface area (Å²) in [5.74, 6) is -1.95. The SMILES string of the molecule is CCOC(=O)C(=O)c1cc(CC)ccc1O. The van der Waals surface area contributed by atoms with Crippen molar-refractivity contribution in [2.45, 2.75) is 20.3 Å². The molecule has 4 heteroatoms. The van der Waals surface area contributed by atoms with Crippen LogP contribution >= 0.6 is 0 Å². The first-order valence-corrected chi connectivity index (χ1v) is 5.13. The van der Waals surface area contributed by atoms with E-state index in [1.807, 2.05) is 6.92 Å². The largest absolute Gasteiger partial charge is 0.507 e. The zero-order valence-electron chi connectivity index (χ0n) is 9.32.